The lowest BCUT2D eigenvalue weighted by atomic mass is 10.0. The van der Waals surface area contributed by atoms with Gasteiger partial charge in [-0.2, -0.15) is 0 Å². The van der Waals surface area contributed by atoms with Crippen LogP contribution in [-0.2, 0) is 29.0 Å². The van der Waals surface area contributed by atoms with Crippen molar-refractivity contribution in [3.8, 4) is 0 Å². The summed E-state index contributed by atoms with van der Waals surface area (Å²) in [5.41, 5.74) is 5.28. The van der Waals surface area contributed by atoms with E-state index in [0.717, 1.165) is 42.4 Å². The van der Waals surface area contributed by atoms with Gasteiger partial charge in [0.1, 0.15) is 5.82 Å². The Morgan fingerprint density at radius 1 is 0.696 bits per heavy atom. The average molecular weight is 760 g/mol. The van der Waals surface area contributed by atoms with E-state index in [2.05, 4.69) is 34.4 Å². The third kappa shape index (κ3) is 10.9. The highest BCUT2D eigenvalue weighted by Gasteiger charge is 2.22. The summed E-state index contributed by atoms with van der Waals surface area (Å²) in [5, 5.41) is 24.7. The number of aliphatic carboxylic acids is 1. The molecule has 0 aliphatic rings. The summed E-state index contributed by atoms with van der Waals surface area (Å²) < 4.78 is 0. The second-order valence-corrected chi connectivity index (χ2v) is 13.9. The predicted molar refractivity (Wildman–Crippen MR) is 217 cm³/mol. The molecule has 5 N–H and O–H groups in total. The minimum Gasteiger partial charge on any atom is -0.481 e. The number of aromatic amines is 1. The number of carboxylic acid groups (broad SMARTS) is 2. The van der Waals surface area contributed by atoms with Crippen LogP contribution in [0.15, 0.2) is 97.1 Å². The van der Waals surface area contributed by atoms with Gasteiger partial charge >= 0.3 is 11.9 Å². The molecule has 0 aliphatic carbocycles. The molecular weight excluding hydrogens is 711 g/mol. The van der Waals surface area contributed by atoms with Gasteiger partial charge in [0.2, 0.25) is 5.91 Å². The molecule has 12 nitrogen and oxygen atoms in total. The molecule has 0 radical (unpaired) electrons. The van der Waals surface area contributed by atoms with Crippen LogP contribution in [0.4, 0.5) is 11.5 Å². The number of aromatic carboxylic acids is 1. The minimum atomic E-state index is -1.00. The van der Waals surface area contributed by atoms with Gasteiger partial charge in [0, 0.05) is 61.3 Å². The van der Waals surface area contributed by atoms with E-state index in [1.807, 2.05) is 78.9 Å². The molecule has 0 aliphatic heterocycles. The molecule has 0 spiro atoms. The number of rotatable bonds is 19. The molecule has 0 atom stereocenters. The van der Waals surface area contributed by atoms with Crippen molar-refractivity contribution in [3.63, 3.8) is 0 Å². The monoisotopic (exact) mass is 759 g/mol. The van der Waals surface area contributed by atoms with Crippen molar-refractivity contribution >= 4 is 52.1 Å². The standard InChI is InChI=1S/C44H49N5O7/c1-4-35(5-2)49(26-25-48(3)38(50)23-24-39(51)52)28-31-9-8-10-33(27-31)42(53)47-41-40(36-11-6-7-12-37(36)46-41)43(54)45-34-21-17-30(18-22-34)14-13-29-15-19-32(20-16-29)44(55)56/h6-12,15-22,27,35,46H,4-5,13-14,23-26,28H2,1-3H3,(H,45,54)(H,47,53)(H,51,52)(H,55,56). The number of aryl methyl sites for hydroxylation is 2. The van der Waals surface area contributed by atoms with Crippen LogP contribution in [0, 0.1) is 0 Å². The fourth-order valence-electron chi connectivity index (χ4n) is 6.76. The zero-order valence-electron chi connectivity index (χ0n) is 32.0. The van der Waals surface area contributed by atoms with Gasteiger partial charge in [-0.05, 0) is 84.8 Å². The fourth-order valence-corrected chi connectivity index (χ4v) is 6.76. The van der Waals surface area contributed by atoms with Crippen LogP contribution in [0.3, 0.4) is 0 Å². The third-order valence-electron chi connectivity index (χ3n) is 10.0. The van der Waals surface area contributed by atoms with Gasteiger partial charge in [0.05, 0.1) is 17.5 Å². The summed E-state index contributed by atoms with van der Waals surface area (Å²) in [7, 11) is 1.69. The van der Waals surface area contributed by atoms with E-state index in [9.17, 15) is 24.0 Å². The van der Waals surface area contributed by atoms with Crippen LogP contribution >= 0.6 is 0 Å². The molecule has 3 amide bonds. The zero-order valence-corrected chi connectivity index (χ0v) is 32.0. The maximum absolute atomic E-state index is 13.8. The molecule has 5 rings (SSSR count). The maximum Gasteiger partial charge on any atom is 0.335 e. The number of hydrogen-bond acceptors (Lipinski definition) is 6. The summed E-state index contributed by atoms with van der Waals surface area (Å²) in [5.74, 6) is -2.66. The summed E-state index contributed by atoms with van der Waals surface area (Å²) in [6.07, 6.45) is 3.03. The normalized spacial score (nSPS) is 11.2. The minimum absolute atomic E-state index is 0.0438. The maximum atomic E-state index is 13.8. The Kier molecular flexibility index (Phi) is 14.1. The number of aromatic nitrogens is 1. The summed E-state index contributed by atoms with van der Waals surface area (Å²) in [4.78, 5) is 69.2. The van der Waals surface area contributed by atoms with E-state index < -0.39 is 11.9 Å². The van der Waals surface area contributed by atoms with Crippen LogP contribution in [0.1, 0.15) is 87.3 Å². The van der Waals surface area contributed by atoms with Crippen molar-refractivity contribution in [2.24, 2.45) is 0 Å². The lowest BCUT2D eigenvalue weighted by molar-refractivity contribution is -0.140. The molecular formula is C44H49N5O7. The SMILES string of the molecule is CCC(CC)N(CCN(C)C(=O)CCC(=O)O)Cc1cccc(C(=O)Nc2[nH]c3ccccc3c2C(=O)Nc2ccc(CCc3ccc(C(=O)O)cc3)cc2)c1. The average Bonchev–Trinajstić information content (AvgIpc) is 3.57. The van der Waals surface area contributed by atoms with Gasteiger partial charge in [-0.1, -0.05) is 68.4 Å². The third-order valence-corrected chi connectivity index (χ3v) is 10.0. The van der Waals surface area contributed by atoms with E-state index >= 15 is 0 Å². The Hall–Kier alpha value is -6.27. The number of anilines is 2. The molecule has 12 heteroatoms. The smallest absolute Gasteiger partial charge is 0.335 e. The molecule has 5 aromatic rings. The second-order valence-electron chi connectivity index (χ2n) is 13.9. The van der Waals surface area contributed by atoms with Crippen LogP contribution < -0.4 is 10.6 Å². The topological polar surface area (TPSA) is 172 Å². The van der Waals surface area contributed by atoms with Crippen LogP contribution in [0.2, 0.25) is 0 Å². The summed E-state index contributed by atoms with van der Waals surface area (Å²) in [6, 6.07) is 29.3. The fraction of sp³-hybridized carbons (Fsp3) is 0.295. The molecule has 0 saturated carbocycles. The number of H-pyrrole nitrogens is 1. The number of hydrogen-bond donors (Lipinski definition) is 5. The molecule has 0 saturated heterocycles. The number of nitrogens with zero attached hydrogens (tertiary/aromatic N) is 2. The molecule has 1 aromatic heterocycles. The Balaban J connectivity index is 1.26. The van der Waals surface area contributed by atoms with Crippen LogP contribution in [-0.4, -0.2) is 80.8 Å². The Morgan fingerprint density at radius 3 is 2.00 bits per heavy atom. The number of carbonyl (C=O) groups is 5. The Morgan fingerprint density at radius 2 is 1.36 bits per heavy atom. The first-order valence-electron chi connectivity index (χ1n) is 18.9. The first-order chi connectivity index (χ1) is 26.9. The molecule has 292 valence electrons. The van der Waals surface area contributed by atoms with E-state index in [1.165, 1.54) is 0 Å². The zero-order chi connectivity index (χ0) is 40.2. The van der Waals surface area contributed by atoms with Crippen molar-refractivity contribution in [1.29, 1.82) is 0 Å². The highest BCUT2D eigenvalue weighted by molar-refractivity contribution is 6.19. The van der Waals surface area contributed by atoms with Crippen molar-refractivity contribution in [2.75, 3.05) is 30.8 Å². The number of carboxylic acids is 2. The van der Waals surface area contributed by atoms with Crippen LogP contribution in [0.25, 0.3) is 10.9 Å². The number of para-hydroxylation sites is 1. The first-order valence-corrected chi connectivity index (χ1v) is 18.9. The van der Waals surface area contributed by atoms with E-state index in [-0.39, 0.29) is 48.0 Å². The highest BCUT2D eigenvalue weighted by atomic mass is 16.4. The quantitative estimate of drug-likeness (QED) is 0.0577. The molecule has 0 fully saturated rings. The van der Waals surface area contributed by atoms with Gasteiger partial charge < -0.3 is 30.7 Å². The van der Waals surface area contributed by atoms with Gasteiger partial charge in [0.15, 0.2) is 0 Å². The second kappa shape index (κ2) is 19.4. The van der Waals surface area contributed by atoms with Gasteiger partial charge in [0.25, 0.3) is 11.8 Å². The van der Waals surface area contributed by atoms with E-state index in [4.69, 9.17) is 10.2 Å². The summed E-state index contributed by atoms with van der Waals surface area (Å²) >= 11 is 0. The molecule has 56 heavy (non-hydrogen) atoms. The van der Waals surface area contributed by atoms with Crippen molar-refractivity contribution in [3.05, 3.63) is 130 Å². The molecule has 0 unspecified atom stereocenters. The largest absolute Gasteiger partial charge is 0.481 e. The summed E-state index contributed by atoms with van der Waals surface area (Å²) in [6.45, 7) is 5.80. The molecule has 0 bridgehead atoms. The Labute approximate surface area is 326 Å². The highest BCUT2D eigenvalue weighted by Crippen LogP contribution is 2.28. The van der Waals surface area contributed by atoms with Crippen molar-refractivity contribution in [1.82, 2.24) is 14.8 Å². The Bertz CT molecular complexity index is 2160. The lowest BCUT2D eigenvalue weighted by Gasteiger charge is -2.32. The number of carbonyl (C=O) groups excluding carboxylic acids is 3. The van der Waals surface area contributed by atoms with Crippen LogP contribution in [0.5, 0.6) is 0 Å². The van der Waals surface area contributed by atoms with E-state index in [1.54, 1.807) is 30.1 Å². The van der Waals surface area contributed by atoms with Crippen molar-refractivity contribution in [2.45, 2.75) is 65.0 Å². The number of likely N-dealkylation sites (N-methyl/N-ethyl adjacent to an activating group) is 1. The van der Waals surface area contributed by atoms with Gasteiger partial charge in [-0.15, -0.1) is 0 Å². The number of benzene rings is 4. The number of amides is 3. The lowest BCUT2D eigenvalue weighted by Crippen LogP contribution is -2.41. The van der Waals surface area contributed by atoms with Crippen molar-refractivity contribution < 1.29 is 34.2 Å². The number of fused-ring (bicyclic) bond motifs is 1. The molecule has 1 heterocycles. The van der Waals surface area contributed by atoms with Gasteiger partial charge in [-0.25, -0.2) is 4.79 Å². The van der Waals surface area contributed by atoms with Gasteiger partial charge in [-0.3, -0.25) is 24.1 Å². The molecule has 4 aromatic carbocycles. The van der Waals surface area contributed by atoms with E-state index in [0.29, 0.717) is 47.4 Å². The predicted octanol–water partition coefficient (Wildman–Crippen LogP) is 7.47. The number of nitrogens with one attached hydrogen (secondary N) is 3. The first kappa shape index (κ1) is 40.9.